The molecule has 0 amide bonds. The molecule has 1 aliphatic carbocycles. The van der Waals surface area contributed by atoms with Crippen molar-refractivity contribution in [3.05, 3.63) is 29.3 Å². The summed E-state index contributed by atoms with van der Waals surface area (Å²) in [7, 11) is 0. The maximum Gasteiger partial charge on any atom is 0.418 e. The summed E-state index contributed by atoms with van der Waals surface area (Å²) in [5, 5.41) is 0. The van der Waals surface area contributed by atoms with Gasteiger partial charge < -0.3 is 16.4 Å². The Labute approximate surface area is 147 Å². The van der Waals surface area contributed by atoms with E-state index in [-0.39, 0.29) is 6.04 Å². The summed E-state index contributed by atoms with van der Waals surface area (Å²) in [5.74, 6) is 0.573. The second-order valence-corrected chi connectivity index (χ2v) is 7.89. The van der Waals surface area contributed by atoms with Crippen LogP contribution >= 0.6 is 0 Å². The van der Waals surface area contributed by atoms with Gasteiger partial charge in [-0.2, -0.15) is 13.2 Å². The molecule has 4 N–H and O–H groups in total. The topological polar surface area (TPSA) is 55.3 Å². The van der Waals surface area contributed by atoms with E-state index in [2.05, 4.69) is 6.92 Å². The number of hydrogen-bond acceptors (Lipinski definition) is 3. The number of piperidine rings is 1. The fourth-order valence-corrected chi connectivity index (χ4v) is 4.04. The predicted octanol–water partition coefficient (Wildman–Crippen LogP) is 4.00. The molecule has 1 aromatic carbocycles. The number of halogens is 3. The van der Waals surface area contributed by atoms with Gasteiger partial charge in [0.25, 0.3) is 0 Å². The van der Waals surface area contributed by atoms with E-state index in [1.165, 1.54) is 6.07 Å². The van der Waals surface area contributed by atoms with Crippen LogP contribution in [0.3, 0.4) is 0 Å². The van der Waals surface area contributed by atoms with Crippen molar-refractivity contribution in [1.29, 1.82) is 0 Å². The van der Waals surface area contributed by atoms with Gasteiger partial charge in [0.1, 0.15) is 0 Å². The summed E-state index contributed by atoms with van der Waals surface area (Å²) < 4.78 is 41.2. The van der Waals surface area contributed by atoms with Gasteiger partial charge in [-0.25, -0.2) is 0 Å². The first-order chi connectivity index (χ1) is 11.7. The molecule has 0 bridgehead atoms. The summed E-state index contributed by atoms with van der Waals surface area (Å²) in [6.45, 7) is 3.50. The molecule has 0 unspecified atom stereocenters. The molecule has 2 aliphatic rings. The molecular formula is C19H28F3N3. The number of hydrogen-bond donors (Lipinski definition) is 2. The first-order valence-electron chi connectivity index (χ1n) is 9.20. The Hall–Kier alpha value is -1.27. The standard InChI is InChI=1S/C19H28F3N3/c1-13-6-10-25(11-7-13)17-3-2-14(12-16(17)19(20,21)22)18(24)8-4-15(23)5-9-18/h2-3,12-13,15H,4-11,23-24H2,1H3. The number of nitrogens with zero attached hydrogens (tertiary/aromatic N) is 1. The van der Waals surface area contributed by atoms with Gasteiger partial charge in [0, 0.05) is 30.4 Å². The molecule has 140 valence electrons. The number of alkyl halides is 3. The lowest BCUT2D eigenvalue weighted by Crippen LogP contribution is -2.44. The van der Waals surface area contributed by atoms with Crippen LogP contribution in [0, 0.1) is 5.92 Å². The van der Waals surface area contributed by atoms with Gasteiger partial charge in [0.05, 0.1) is 5.56 Å². The Kier molecular flexibility index (Phi) is 5.04. The first-order valence-corrected chi connectivity index (χ1v) is 9.20. The van der Waals surface area contributed by atoms with Crippen LogP contribution < -0.4 is 16.4 Å². The van der Waals surface area contributed by atoms with Gasteiger partial charge in [-0.15, -0.1) is 0 Å². The summed E-state index contributed by atoms with van der Waals surface area (Å²) in [6.07, 6.45) is 0.247. The highest BCUT2D eigenvalue weighted by Gasteiger charge is 2.39. The maximum absolute atomic E-state index is 13.7. The average molecular weight is 355 g/mol. The molecule has 0 spiro atoms. The number of nitrogens with two attached hydrogens (primary N) is 2. The second-order valence-electron chi connectivity index (χ2n) is 7.89. The molecule has 3 nitrogen and oxygen atoms in total. The van der Waals surface area contributed by atoms with E-state index in [1.54, 1.807) is 12.1 Å². The zero-order valence-electron chi connectivity index (χ0n) is 14.8. The Morgan fingerprint density at radius 2 is 1.68 bits per heavy atom. The van der Waals surface area contributed by atoms with Gasteiger partial charge in [-0.3, -0.25) is 0 Å². The normalized spacial score (nSPS) is 29.0. The van der Waals surface area contributed by atoms with Crippen LogP contribution in [0.25, 0.3) is 0 Å². The molecule has 0 radical (unpaired) electrons. The van der Waals surface area contributed by atoms with Crippen molar-refractivity contribution in [3.8, 4) is 0 Å². The largest absolute Gasteiger partial charge is 0.418 e. The van der Waals surface area contributed by atoms with E-state index in [0.29, 0.717) is 43.1 Å². The number of benzene rings is 1. The van der Waals surface area contributed by atoms with E-state index in [4.69, 9.17) is 11.5 Å². The predicted molar refractivity (Wildman–Crippen MR) is 94.4 cm³/mol. The third-order valence-electron chi connectivity index (χ3n) is 5.92. The molecule has 1 aromatic rings. The van der Waals surface area contributed by atoms with Crippen LogP contribution in [0.4, 0.5) is 18.9 Å². The quantitative estimate of drug-likeness (QED) is 0.843. The van der Waals surface area contributed by atoms with Crippen LogP contribution in [0.5, 0.6) is 0 Å². The van der Waals surface area contributed by atoms with Crippen molar-refractivity contribution in [3.63, 3.8) is 0 Å². The molecule has 1 saturated heterocycles. The average Bonchev–Trinajstić information content (AvgIpc) is 2.57. The number of anilines is 1. The minimum absolute atomic E-state index is 0.105. The molecule has 25 heavy (non-hydrogen) atoms. The minimum Gasteiger partial charge on any atom is -0.371 e. The van der Waals surface area contributed by atoms with E-state index >= 15 is 0 Å². The molecule has 2 fully saturated rings. The minimum atomic E-state index is -4.38. The molecule has 0 atom stereocenters. The van der Waals surface area contributed by atoms with Crippen molar-refractivity contribution in [2.75, 3.05) is 18.0 Å². The molecule has 1 saturated carbocycles. The lowest BCUT2D eigenvalue weighted by molar-refractivity contribution is -0.137. The van der Waals surface area contributed by atoms with Crippen molar-refractivity contribution in [1.82, 2.24) is 0 Å². The van der Waals surface area contributed by atoms with Crippen LogP contribution in [-0.2, 0) is 11.7 Å². The smallest absolute Gasteiger partial charge is 0.371 e. The van der Waals surface area contributed by atoms with Crippen LogP contribution in [0.15, 0.2) is 18.2 Å². The van der Waals surface area contributed by atoms with Crippen LogP contribution in [0.2, 0.25) is 0 Å². The van der Waals surface area contributed by atoms with E-state index in [1.807, 2.05) is 4.90 Å². The zero-order chi connectivity index (χ0) is 18.2. The highest BCUT2D eigenvalue weighted by atomic mass is 19.4. The second kappa shape index (κ2) is 6.80. The first kappa shape index (κ1) is 18.5. The molecular weight excluding hydrogens is 327 g/mol. The molecule has 0 aromatic heterocycles. The maximum atomic E-state index is 13.7. The van der Waals surface area contributed by atoms with Crippen molar-refractivity contribution in [2.24, 2.45) is 17.4 Å². The Balaban J connectivity index is 1.93. The van der Waals surface area contributed by atoms with Gasteiger partial charge >= 0.3 is 6.18 Å². The Morgan fingerprint density at radius 3 is 2.24 bits per heavy atom. The van der Waals surface area contributed by atoms with Gasteiger partial charge in [0.2, 0.25) is 0 Å². The fraction of sp³-hybridized carbons (Fsp3) is 0.684. The highest BCUT2D eigenvalue weighted by molar-refractivity contribution is 5.57. The summed E-state index contributed by atoms with van der Waals surface area (Å²) in [4.78, 5) is 1.87. The van der Waals surface area contributed by atoms with E-state index < -0.39 is 17.3 Å². The number of rotatable bonds is 2. The molecule has 1 aliphatic heterocycles. The summed E-state index contributed by atoms with van der Waals surface area (Å²) >= 11 is 0. The van der Waals surface area contributed by atoms with E-state index in [0.717, 1.165) is 25.7 Å². The lowest BCUT2D eigenvalue weighted by Gasteiger charge is -2.38. The molecule has 3 rings (SSSR count). The van der Waals surface area contributed by atoms with Crippen molar-refractivity contribution < 1.29 is 13.2 Å². The fourth-order valence-electron chi connectivity index (χ4n) is 4.04. The zero-order valence-corrected chi connectivity index (χ0v) is 14.8. The van der Waals surface area contributed by atoms with Crippen LogP contribution in [0.1, 0.15) is 56.6 Å². The van der Waals surface area contributed by atoms with Gasteiger partial charge in [-0.05, 0) is 62.1 Å². The molecule has 1 heterocycles. The monoisotopic (exact) mass is 355 g/mol. The van der Waals surface area contributed by atoms with Crippen molar-refractivity contribution >= 4 is 5.69 Å². The third kappa shape index (κ3) is 3.95. The van der Waals surface area contributed by atoms with E-state index in [9.17, 15) is 13.2 Å². The van der Waals surface area contributed by atoms with Gasteiger partial charge in [0.15, 0.2) is 0 Å². The third-order valence-corrected chi connectivity index (χ3v) is 5.92. The Morgan fingerprint density at radius 1 is 1.08 bits per heavy atom. The van der Waals surface area contributed by atoms with Crippen LogP contribution in [-0.4, -0.2) is 19.1 Å². The molecule has 6 heteroatoms. The summed E-state index contributed by atoms with van der Waals surface area (Å²) in [5.41, 5.74) is 12.0. The SMILES string of the molecule is CC1CCN(c2ccc(C3(N)CCC(N)CC3)cc2C(F)(F)F)CC1. The van der Waals surface area contributed by atoms with Crippen molar-refractivity contribution in [2.45, 2.75) is 63.2 Å². The van der Waals surface area contributed by atoms with Gasteiger partial charge in [-0.1, -0.05) is 13.0 Å². The Bertz CT molecular complexity index is 598. The summed E-state index contributed by atoms with van der Waals surface area (Å²) in [6, 6.07) is 4.80. The highest BCUT2D eigenvalue weighted by Crippen LogP contribution is 2.42. The lowest BCUT2D eigenvalue weighted by atomic mass is 9.75.